The van der Waals surface area contributed by atoms with Gasteiger partial charge in [0.25, 0.3) is 0 Å². The van der Waals surface area contributed by atoms with Gasteiger partial charge >= 0.3 is 0 Å². The number of ether oxygens (including phenoxy) is 1. The lowest BCUT2D eigenvalue weighted by Crippen LogP contribution is -2.41. The Hall–Kier alpha value is -0.380. The third-order valence-electron chi connectivity index (χ3n) is 2.63. The molecule has 0 aromatic carbocycles. The summed E-state index contributed by atoms with van der Waals surface area (Å²) in [5, 5.41) is 0. The van der Waals surface area contributed by atoms with Crippen LogP contribution in [0.15, 0.2) is 12.2 Å². The van der Waals surface area contributed by atoms with E-state index < -0.39 is 0 Å². The summed E-state index contributed by atoms with van der Waals surface area (Å²) in [6.45, 7) is 7.68. The van der Waals surface area contributed by atoms with Gasteiger partial charge in [0.15, 0.2) is 0 Å². The van der Waals surface area contributed by atoms with Crippen molar-refractivity contribution in [3.63, 3.8) is 0 Å². The molecule has 0 spiro atoms. The van der Waals surface area contributed by atoms with E-state index in [-0.39, 0.29) is 0 Å². The van der Waals surface area contributed by atoms with Crippen LogP contribution in [0.4, 0.5) is 0 Å². The third kappa shape index (κ3) is 3.46. The molecule has 0 saturated carbocycles. The summed E-state index contributed by atoms with van der Waals surface area (Å²) in [5.74, 6) is 6.09. The maximum Gasteiger partial charge on any atom is 0.0510 e. The Morgan fingerprint density at radius 1 is 1.77 bits per heavy atom. The number of hydrazine groups is 1. The first-order valence-corrected chi connectivity index (χ1v) is 4.92. The summed E-state index contributed by atoms with van der Waals surface area (Å²) in [4.78, 5) is 0. The first-order chi connectivity index (χ1) is 6.24. The van der Waals surface area contributed by atoms with Gasteiger partial charge in [-0.25, -0.2) is 0 Å². The van der Waals surface area contributed by atoms with Crippen LogP contribution in [0.5, 0.6) is 0 Å². The highest BCUT2D eigenvalue weighted by molar-refractivity contribution is 4.90. The highest BCUT2D eigenvalue weighted by Crippen LogP contribution is 2.20. The molecule has 0 radical (unpaired) electrons. The minimum Gasteiger partial charge on any atom is -0.381 e. The van der Waals surface area contributed by atoms with Crippen molar-refractivity contribution >= 4 is 0 Å². The molecular weight excluding hydrogens is 164 g/mol. The zero-order valence-corrected chi connectivity index (χ0v) is 8.38. The van der Waals surface area contributed by atoms with Crippen molar-refractivity contribution in [1.82, 2.24) is 5.43 Å². The zero-order valence-electron chi connectivity index (χ0n) is 8.38. The predicted octanol–water partition coefficient (Wildman–Crippen LogP) is 1.21. The number of hydrogen-bond donors (Lipinski definition) is 2. The molecule has 13 heavy (non-hydrogen) atoms. The van der Waals surface area contributed by atoms with Gasteiger partial charge < -0.3 is 4.74 Å². The van der Waals surface area contributed by atoms with E-state index in [1.807, 2.05) is 0 Å². The number of allylic oxidation sites excluding steroid dienone is 1. The molecule has 76 valence electrons. The fraction of sp³-hybridized carbons (Fsp3) is 0.800. The van der Waals surface area contributed by atoms with Crippen molar-refractivity contribution in [1.29, 1.82) is 0 Å². The van der Waals surface area contributed by atoms with Crippen LogP contribution in [0.2, 0.25) is 0 Å². The molecule has 1 saturated heterocycles. The Balaban J connectivity index is 2.28. The summed E-state index contributed by atoms with van der Waals surface area (Å²) < 4.78 is 5.33. The van der Waals surface area contributed by atoms with E-state index in [1.165, 1.54) is 5.57 Å². The fourth-order valence-electron chi connectivity index (χ4n) is 1.73. The van der Waals surface area contributed by atoms with Crippen LogP contribution in [0.25, 0.3) is 0 Å². The Labute approximate surface area is 80.3 Å². The van der Waals surface area contributed by atoms with Gasteiger partial charge in [-0.3, -0.25) is 11.3 Å². The highest BCUT2D eigenvalue weighted by Gasteiger charge is 2.24. The number of rotatable bonds is 5. The van der Waals surface area contributed by atoms with Crippen molar-refractivity contribution < 1.29 is 4.74 Å². The second kappa shape index (κ2) is 5.37. The number of hydrogen-bond acceptors (Lipinski definition) is 3. The average Bonchev–Trinajstić information content (AvgIpc) is 2.58. The Kier molecular flexibility index (Phi) is 4.42. The maximum atomic E-state index is 5.50. The Morgan fingerprint density at radius 2 is 2.54 bits per heavy atom. The minimum atomic E-state index is 0.388. The van der Waals surface area contributed by atoms with E-state index in [4.69, 9.17) is 10.6 Å². The van der Waals surface area contributed by atoms with E-state index in [0.717, 1.165) is 32.5 Å². The molecule has 1 heterocycles. The van der Waals surface area contributed by atoms with Gasteiger partial charge in [0.1, 0.15) is 0 Å². The summed E-state index contributed by atoms with van der Waals surface area (Å²) in [6, 6.07) is 0.388. The SMILES string of the molecule is C=C(C)CCC(NN)C1CCOC1. The van der Waals surface area contributed by atoms with E-state index in [2.05, 4.69) is 18.9 Å². The third-order valence-corrected chi connectivity index (χ3v) is 2.63. The molecule has 3 nitrogen and oxygen atoms in total. The molecule has 0 amide bonds. The molecule has 1 rings (SSSR count). The average molecular weight is 184 g/mol. The van der Waals surface area contributed by atoms with Crippen molar-refractivity contribution in [2.24, 2.45) is 11.8 Å². The largest absolute Gasteiger partial charge is 0.381 e. The first-order valence-electron chi connectivity index (χ1n) is 4.92. The van der Waals surface area contributed by atoms with Gasteiger partial charge in [-0.15, -0.1) is 6.58 Å². The topological polar surface area (TPSA) is 47.3 Å². The summed E-state index contributed by atoms with van der Waals surface area (Å²) >= 11 is 0. The molecular formula is C10H20N2O. The molecule has 2 atom stereocenters. The molecule has 1 fully saturated rings. The number of nitrogens with two attached hydrogens (primary N) is 1. The Bertz CT molecular complexity index is 164. The van der Waals surface area contributed by atoms with Crippen LogP contribution in [0.3, 0.4) is 0 Å². The molecule has 2 unspecified atom stereocenters. The molecule has 1 aliphatic rings. The lowest BCUT2D eigenvalue weighted by molar-refractivity contribution is 0.175. The standard InChI is InChI=1S/C10H20N2O/c1-8(2)3-4-10(12-11)9-5-6-13-7-9/h9-10,12H,1,3-7,11H2,2H3. The monoisotopic (exact) mass is 184 g/mol. The molecule has 3 N–H and O–H groups in total. The van der Waals surface area contributed by atoms with Crippen LogP contribution in [-0.4, -0.2) is 19.3 Å². The predicted molar refractivity (Wildman–Crippen MR) is 54.1 cm³/mol. The summed E-state index contributed by atoms with van der Waals surface area (Å²) in [6.07, 6.45) is 3.25. The number of nitrogens with one attached hydrogen (secondary N) is 1. The van der Waals surface area contributed by atoms with E-state index in [0.29, 0.717) is 12.0 Å². The van der Waals surface area contributed by atoms with E-state index >= 15 is 0 Å². The summed E-state index contributed by atoms with van der Waals surface area (Å²) in [5.41, 5.74) is 4.10. The first kappa shape index (κ1) is 10.7. The van der Waals surface area contributed by atoms with Crippen molar-refractivity contribution in [2.45, 2.75) is 32.2 Å². The van der Waals surface area contributed by atoms with Gasteiger partial charge in [-0.1, -0.05) is 5.57 Å². The lowest BCUT2D eigenvalue weighted by atomic mass is 9.94. The smallest absolute Gasteiger partial charge is 0.0510 e. The molecule has 0 aliphatic carbocycles. The quantitative estimate of drug-likeness (QED) is 0.383. The van der Waals surface area contributed by atoms with Crippen LogP contribution in [-0.2, 0) is 4.74 Å². The second-order valence-electron chi connectivity index (χ2n) is 3.89. The highest BCUT2D eigenvalue weighted by atomic mass is 16.5. The van der Waals surface area contributed by atoms with Crippen molar-refractivity contribution in [2.75, 3.05) is 13.2 Å². The van der Waals surface area contributed by atoms with Crippen molar-refractivity contribution in [3.05, 3.63) is 12.2 Å². The molecule has 0 aromatic heterocycles. The summed E-state index contributed by atoms with van der Waals surface area (Å²) in [7, 11) is 0. The second-order valence-corrected chi connectivity index (χ2v) is 3.89. The van der Waals surface area contributed by atoms with Crippen molar-refractivity contribution in [3.8, 4) is 0 Å². The van der Waals surface area contributed by atoms with Gasteiger partial charge in [-0.05, 0) is 26.2 Å². The van der Waals surface area contributed by atoms with Gasteiger partial charge in [0.05, 0.1) is 6.61 Å². The molecule has 3 heteroatoms. The Morgan fingerprint density at radius 3 is 3.00 bits per heavy atom. The maximum absolute atomic E-state index is 5.50. The van der Waals surface area contributed by atoms with Gasteiger partial charge in [0.2, 0.25) is 0 Å². The molecule has 0 bridgehead atoms. The van der Waals surface area contributed by atoms with Crippen LogP contribution >= 0.6 is 0 Å². The normalized spacial score (nSPS) is 24.6. The van der Waals surface area contributed by atoms with E-state index in [9.17, 15) is 0 Å². The molecule has 1 aliphatic heterocycles. The van der Waals surface area contributed by atoms with Gasteiger partial charge in [-0.2, -0.15) is 0 Å². The van der Waals surface area contributed by atoms with E-state index in [1.54, 1.807) is 0 Å². The zero-order chi connectivity index (χ0) is 9.68. The van der Waals surface area contributed by atoms with Crippen LogP contribution in [0, 0.1) is 5.92 Å². The fourth-order valence-corrected chi connectivity index (χ4v) is 1.73. The lowest BCUT2D eigenvalue weighted by Gasteiger charge is -2.21. The van der Waals surface area contributed by atoms with Crippen LogP contribution < -0.4 is 11.3 Å². The molecule has 0 aromatic rings. The van der Waals surface area contributed by atoms with Gasteiger partial charge in [0, 0.05) is 18.6 Å². The minimum absolute atomic E-state index is 0.388. The van der Waals surface area contributed by atoms with Crippen LogP contribution in [0.1, 0.15) is 26.2 Å².